The summed E-state index contributed by atoms with van der Waals surface area (Å²) in [4.78, 5) is 0. The van der Waals surface area contributed by atoms with Gasteiger partial charge in [0.25, 0.3) is 0 Å². The average Bonchev–Trinajstić information content (AvgIpc) is 2.78. The second-order valence-corrected chi connectivity index (χ2v) is 5.77. The molecule has 3 aliphatic rings. The molecule has 5 nitrogen and oxygen atoms in total. The molecule has 0 aliphatic heterocycles. The van der Waals surface area contributed by atoms with Gasteiger partial charge in [0.2, 0.25) is 5.89 Å². The van der Waals surface area contributed by atoms with Gasteiger partial charge in [0, 0.05) is 5.54 Å². The molecule has 5 rings (SSSR count). The van der Waals surface area contributed by atoms with E-state index in [1.165, 1.54) is 24.3 Å². The first-order valence-electron chi connectivity index (χ1n) is 6.60. The Bertz CT molecular complexity index is 633. The standard InChI is InChI=1S/C14H14FN3O2/c1-16-14-6-13(7-14,8-14)11-17-18-12(20-11)19-10-4-2-9(15)3-5-10/h2-5,16H,6-8H2,1H3. The van der Waals surface area contributed by atoms with E-state index < -0.39 is 0 Å². The van der Waals surface area contributed by atoms with E-state index in [9.17, 15) is 4.39 Å². The van der Waals surface area contributed by atoms with Crippen LogP contribution < -0.4 is 10.1 Å². The molecule has 2 aromatic rings. The molecule has 3 fully saturated rings. The Labute approximate surface area is 115 Å². The van der Waals surface area contributed by atoms with Crippen LogP contribution in [0.4, 0.5) is 4.39 Å². The van der Waals surface area contributed by atoms with E-state index >= 15 is 0 Å². The van der Waals surface area contributed by atoms with Crippen molar-refractivity contribution < 1.29 is 13.5 Å². The van der Waals surface area contributed by atoms with Gasteiger partial charge < -0.3 is 14.5 Å². The Morgan fingerprint density at radius 2 is 1.90 bits per heavy atom. The van der Waals surface area contributed by atoms with E-state index in [0.29, 0.717) is 11.6 Å². The molecule has 3 saturated carbocycles. The molecular formula is C14H14FN3O2. The van der Waals surface area contributed by atoms with Crippen molar-refractivity contribution in [3.8, 4) is 11.8 Å². The number of aromatic nitrogens is 2. The van der Waals surface area contributed by atoms with Gasteiger partial charge in [-0.2, -0.15) is 0 Å². The van der Waals surface area contributed by atoms with E-state index in [2.05, 4.69) is 15.5 Å². The summed E-state index contributed by atoms with van der Waals surface area (Å²) < 4.78 is 23.8. The van der Waals surface area contributed by atoms with Gasteiger partial charge in [-0.3, -0.25) is 0 Å². The van der Waals surface area contributed by atoms with Gasteiger partial charge in [-0.1, -0.05) is 5.10 Å². The maximum Gasteiger partial charge on any atom is 0.420 e. The molecule has 6 heteroatoms. The fraction of sp³-hybridized carbons (Fsp3) is 0.429. The van der Waals surface area contributed by atoms with Crippen LogP contribution >= 0.6 is 0 Å². The second-order valence-electron chi connectivity index (χ2n) is 5.77. The highest BCUT2D eigenvalue weighted by Crippen LogP contribution is 2.67. The van der Waals surface area contributed by atoms with Crippen LogP contribution in [-0.2, 0) is 5.41 Å². The fourth-order valence-corrected chi connectivity index (χ4v) is 3.35. The van der Waals surface area contributed by atoms with Crippen LogP contribution in [0.1, 0.15) is 25.2 Å². The maximum absolute atomic E-state index is 12.8. The molecule has 1 aromatic carbocycles. The van der Waals surface area contributed by atoms with E-state index in [0.717, 1.165) is 19.3 Å². The molecule has 0 radical (unpaired) electrons. The third-order valence-corrected chi connectivity index (χ3v) is 4.44. The van der Waals surface area contributed by atoms with Crippen molar-refractivity contribution in [1.29, 1.82) is 0 Å². The highest BCUT2D eigenvalue weighted by molar-refractivity contribution is 5.34. The third kappa shape index (κ3) is 1.57. The highest BCUT2D eigenvalue weighted by Gasteiger charge is 2.70. The maximum atomic E-state index is 12.8. The topological polar surface area (TPSA) is 60.2 Å². The van der Waals surface area contributed by atoms with E-state index in [1.54, 1.807) is 0 Å². The number of hydrogen-bond acceptors (Lipinski definition) is 5. The molecule has 3 aliphatic carbocycles. The van der Waals surface area contributed by atoms with Crippen LogP contribution in [0.3, 0.4) is 0 Å². The van der Waals surface area contributed by atoms with Crippen LogP contribution in [-0.4, -0.2) is 22.8 Å². The lowest BCUT2D eigenvalue weighted by atomic mass is 9.39. The molecular weight excluding hydrogens is 261 g/mol. The summed E-state index contributed by atoms with van der Waals surface area (Å²) in [6.07, 6.45) is 3.22. The minimum absolute atomic E-state index is 0.0421. The molecule has 0 amide bonds. The minimum Gasteiger partial charge on any atom is -0.410 e. The SMILES string of the molecule is CNC12CC(c3nnc(Oc4ccc(F)cc4)o3)(C1)C2. The predicted octanol–water partition coefficient (Wildman–Crippen LogP) is 2.39. The number of benzene rings is 1. The van der Waals surface area contributed by atoms with Gasteiger partial charge in [-0.15, -0.1) is 5.10 Å². The Balaban J connectivity index is 1.48. The van der Waals surface area contributed by atoms with Crippen molar-refractivity contribution in [2.24, 2.45) is 0 Å². The molecule has 1 aromatic heterocycles. The van der Waals surface area contributed by atoms with Gasteiger partial charge in [-0.25, -0.2) is 4.39 Å². The quantitative estimate of drug-likeness (QED) is 0.928. The van der Waals surface area contributed by atoms with Crippen molar-refractivity contribution in [2.75, 3.05) is 7.05 Å². The molecule has 2 bridgehead atoms. The van der Waals surface area contributed by atoms with Gasteiger partial charge in [-0.05, 0) is 50.6 Å². The summed E-state index contributed by atoms with van der Waals surface area (Å²) in [5.41, 5.74) is 0.326. The van der Waals surface area contributed by atoms with Crippen LogP contribution in [0.2, 0.25) is 0 Å². The van der Waals surface area contributed by atoms with Crippen molar-refractivity contribution in [2.45, 2.75) is 30.2 Å². The van der Waals surface area contributed by atoms with Gasteiger partial charge in [0.15, 0.2) is 0 Å². The lowest BCUT2D eigenvalue weighted by molar-refractivity contribution is -0.0995. The van der Waals surface area contributed by atoms with Gasteiger partial charge in [0.05, 0.1) is 5.41 Å². The van der Waals surface area contributed by atoms with Gasteiger partial charge in [0.1, 0.15) is 11.6 Å². The summed E-state index contributed by atoms with van der Waals surface area (Å²) in [6.45, 7) is 0. The first-order valence-corrected chi connectivity index (χ1v) is 6.60. The highest BCUT2D eigenvalue weighted by atomic mass is 19.1. The normalized spacial score (nSPS) is 30.5. The predicted molar refractivity (Wildman–Crippen MR) is 68.1 cm³/mol. The Hall–Kier alpha value is -1.95. The second kappa shape index (κ2) is 3.79. The Kier molecular flexibility index (Phi) is 2.24. The number of hydrogen-bond donors (Lipinski definition) is 1. The molecule has 20 heavy (non-hydrogen) atoms. The summed E-state index contributed by atoms with van der Waals surface area (Å²) in [6, 6.07) is 5.70. The van der Waals surface area contributed by atoms with Crippen LogP contribution in [0.5, 0.6) is 11.8 Å². The largest absolute Gasteiger partial charge is 0.420 e. The Morgan fingerprint density at radius 3 is 2.55 bits per heavy atom. The Morgan fingerprint density at radius 1 is 1.20 bits per heavy atom. The molecule has 0 unspecified atom stereocenters. The number of nitrogens with one attached hydrogen (secondary N) is 1. The number of nitrogens with zero attached hydrogens (tertiary/aromatic N) is 2. The summed E-state index contributed by atoms with van der Waals surface area (Å²) in [5, 5.41) is 11.3. The smallest absolute Gasteiger partial charge is 0.410 e. The zero-order chi connectivity index (χ0) is 13.8. The van der Waals surface area contributed by atoms with Crippen LogP contribution in [0.15, 0.2) is 28.7 Å². The number of ether oxygens (including phenoxy) is 1. The molecule has 0 saturated heterocycles. The fourth-order valence-electron chi connectivity index (χ4n) is 3.35. The lowest BCUT2D eigenvalue weighted by Crippen LogP contribution is -2.75. The van der Waals surface area contributed by atoms with Gasteiger partial charge >= 0.3 is 6.08 Å². The molecule has 104 valence electrons. The molecule has 1 heterocycles. The number of halogens is 1. The molecule has 0 spiro atoms. The zero-order valence-electron chi connectivity index (χ0n) is 11.0. The summed E-state index contributed by atoms with van der Waals surface area (Å²) >= 11 is 0. The van der Waals surface area contributed by atoms with Crippen molar-refractivity contribution in [3.63, 3.8) is 0 Å². The zero-order valence-corrected chi connectivity index (χ0v) is 11.0. The van der Waals surface area contributed by atoms with Crippen molar-refractivity contribution >= 4 is 0 Å². The van der Waals surface area contributed by atoms with Crippen molar-refractivity contribution in [3.05, 3.63) is 36.0 Å². The van der Waals surface area contributed by atoms with Crippen LogP contribution in [0.25, 0.3) is 0 Å². The minimum atomic E-state index is -0.310. The first-order chi connectivity index (χ1) is 9.63. The number of rotatable bonds is 4. The van der Waals surface area contributed by atoms with E-state index in [1.807, 2.05) is 7.05 Å². The van der Waals surface area contributed by atoms with E-state index in [-0.39, 0.29) is 22.8 Å². The van der Waals surface area contributed by atoms with Crippen LogP contribution in [0, 0.1) is 5.82 Å². The van der Waals surface area contributed by atoms with E-state index in [4.69, 9.17) is 9.15 Å². The average molecular weight is 275 g/mol. The first kappa shape index (κ1) is 11.8. The summed E-state index contributed by atoms with van der Waals surface area (Å²) in [5.74, 6) is 0.812. The van der Waals surface area contributed by atoms with Crippen molar-refractivity contribution in [1.82, 2.24) is 15.5 Å². The monoisotopic (exact) mass is 275 g/mol. The lowest BCUT2D eigenvalue weighted by Gasteiger charge is -2.68. The summed E-state index contributed by atoms with van der Waals surface area (Å²) in [7, 11) is 1.99. The molecule has 1 N–H and O–H groups in total. The molecule has 0 atom stereocenters. The third-order valence-electron chi connectivity index (χ3n) is 4.44.